The summed E-state index contributed by atoms with van der Waals surface area (Å²) in [7, 11) is 0. The molecule has 5 heteroatoms. The first-order valence-electron chi connectivity index (χ1n) is 6.64. The van der Waals surface area contributed by atoms with Crippen molar-refractivity contribution in [2.45, 2.75) is 13.2 Å². The van der Waals surface area contributed by atoms with Crippen LogP contribution in [0.5, 0.6) is 5.75 Å². The molecule has 0 saturated carbocycles. The predicted octanol–water partition coefficient (Wildman–Crippen LogP) is 2.10. The fraction of sp³-hybridized carbons (Fsp3) is 0.125. The van der Waals surface area contributed by atoms with Gasteiger partial charge in [0.1, 0.15) is 24.7 Å². The maximum atomic E-state index is 11.3. The first kappa shape index (κ1) is 13.2. The van der Waals surface area contributed by atoms with Crippen LogP contribution in [0.2, 0.25) is 0 Å². The Kier molecular flexibility index (Phi) is 3.55. The van der Waals surface area contributed by atoms with Crippen LogP contribution in [0.15, 0.2) is 54.6 Å². The molecule has 0 radical (unpaired) electrons. The predicted molar refractivity (Wildman–Crippen MR) is 79.7 cm³/mol. The fourth-order valence-corrected chi connectivity index (χ4v) is 2.23. The Balaban J connectivity index is 1.91. The summed E-state index contributed by atoms with van der Waals surface area (Å²) in [5.74, 6) is 1.04. The SMILES string of the molecule is NC(=O)Cn1c(COc2ccccc2)nc2ccccc21. The molecule has 21 heavy (non-hydrogen) atoms. The number of benzene rings is 2. The van der Waals surface area contributed by atoms with E-state index in [2.05, 4.69) is 4.98 Å². The van der Waals surface area contributed by atoms with Gasteiger partial charge in [-0.05, 0) is 24.3 Å². The second-order valence-electron chi connectivity index (χ2n) is 4.67. The van der Waals surface area contributed by atoms with E-state index in [1.807, 2.05) is 54.6 Å². The maximum absolute atomic E-state index is 11.3. The highest BCUT2D eigenvalue weighted by molar-refractivity contribution is 5.80. The molecule has 0 aliphatic carbocycles. The minimum absolute atomic E-state index is 0.0913. The van der Waals surface area contributed by atoms with Gasteiger partial charge in [0.25, 0.3) is 0 Å². The van der Waals surface area contributed by atoms with Crippen molar-refractivity contribution in [2.24, 2.45) is 5.73 Å². The largest absolute Gasteiger partial charge is 0.486 e. The number of imidazole rings is 1. The van der Waals surface area contributed by atoms with Gasteiger partial charge >= 0.3 is 0 Å². The lowest BCUT2D eigenvalue weighted by Gasteiger charge is -2.08. The van der Waals surface area contributed by atoms with Gasteiger partial charge < -0.3 is 15.0 Å². The van der Waals surface area contributed by atoms with E-state index in [1.165, 1.54) is 0 Å². The van der Waals surface area contributed by atoms with E-state index in [9.17, 15) is 4.79 Å². The molecule has 0 bridgehead atoms. The number of nitrogens with zero attached hydrogens (tertiary/aromatic N) is 2. The van der Waals surface area contributed by atoms with E-state index < -0.39 is 5.91 Å². The number of primary amides is 1. The van der Waals surface area contributed by atoms with Crippen LogP contribution in [-0.2, 0) is 17.9 Å². The van der Waals surface area contributed by atoms with Crippen LogP contribution in [0.3, 0.4) is 0 Å². The maximum Gasteiger partial charge on any atom is 0.237 e. The summed E-state index contributed by atoms with van der Waals surface area (Å²) in [6.07, 6.45) is 0. The molecule has 0 atom stereocenters. The Morgan fingerprint density at radius 1 is 1.10 bits per heavy atom. The van der Waals surface area contributed by atoms with Gasteiger partial charge in [-0.3, -0.25) is 4.79 Å². The van der Waals surface area contributed by atoms with Gasteiger partial charge in [0, 0.05) is 0 Å². The van der Waals surface area contributed by atoms with Crippen LogP contribution >= 0.6 is 0 Å². The van der Waals surface area contributed by atoms with E-state index in [-0.39, 0.29) is 13.2 Å². The molecule has 0 spiro atoms. The molecular formula is C16H15N3O2. The van der Waals surface area contributed by atoms with Crippen molar-refractivity contribution < 1.29 is 9.53 Å². The van der Waals surface area contributed by atoms with Crippen molar-refractivity contribution in [1.82, 2.24) is 9.55 Å². The minimum Gasteiger partial charge on any atom is -0.486 e. The summed E-state index contributed by atoms with van der Waals surface area (Å²) in [4.78, 5) is 15.8. The first-order chi connectivity index (χ1) is 10.2. The van der Waals surface area contributed by atoms with E-state index in [1.54, 1.807) is 4.57 Å². The summed E-state index contributed by atoms with van der Waals surface area (Å²) in [5, 5.41) is 0. The highest BCUT2D eigenvalue weighted by atomic mass is 16.5. The van der Waals surface area contributed by atoms with Crippen molar-refractivity contribution in [3.63, 3.8) is 0 Å². The molecule has 0 saturated heterocycles. The van der Waals surface area contributed by atoms with Gasteiger partial charge in [-0.15, -0.1) is 0 Å². The van der Waals surface area contributed by atoms with Crippen molar-refractivity contribution in [2.75, 3.05) is 0 Å². The zero-order chi connectivity index (χ0) is 14.7. The van der Waals surface area contributed by atoms with Gasteiger partial charge in [0.15, 0.2) is 0 Å². The van der Waals surface area contributed by atoms with Crippen molar-refractivity contribution in [3.8, 4) is 5.75 Å². The summed E-state index contributed by atoms with van der Waals surface area (Å²) in [5.41, 5.74) is 7.02. The second-order valence-corrected chi connectivity index (χ2v) is 4.67. The monoisotopic (exact) mass is 281 g/mol. The van der Waals surface area contributed by atoms with E-state index in [0.717, 1.165) is 16.8 Å². The standard InChI is InChI=1S/C16H15N3O2/c17-15(20)10-19-14-9-5-4-8-13(14)18-16(19)11-21-12-6-2-1-3-7-12/h1-9H,10-11H2,(H2,17,20). The molecule has 3 rings (SSSR count). The average Bonchev–Trinajstić information content (AvgIpc) is 2.84. The highest BCUT2D eigenvalue weighted by Crippen LogP contribution is 2.18. The van der Waals surface area contributed by atoms with Crippen LogP contribution in [0.25, 0.3) is 11.0 Å². The van der Waals surface area contributed by atoms with E-state index in [4.69, 9.17) is 10.5 Å². The molecule has 0 unspecified atom stereocenters. The Bertz CT molecular complexity index is 766. The zero-order valence-corrected chi connectivity index (χ0v) is 11.4. The molecule has 2 N–H and O–H groups in total. The Morgan fingerprint density at radius 2 is 1.81 bits per heavy atom. The molecule has 2 aromatic carbocycles. The average molecular weight is 281 g/mol. The van der Waals surface area contributed by atoms with Gasteiger partial charge in [-0.2, -0.15) is 0 Å². The Hall–Kier alpha value is -2.82. The van der Waals surface area contributed by atoms with E-state index in [0.29, 0.717) is 5.82 Å². The number of aromatic nitrogens is 2. The molecule has 106 valence electrons. The number of carbonyl (C=O) groups is 1. The molecule has 3 aromatic rings. The molecule has 1 aromatic heterocycles. The Morgan fingerprint density at radius 3 is 2.57 bits per heavy atom. The molecule has 0 aliphatic heterocycles. The molecular weight excluding hydrogens is 266 g/mol. The van der Waals surface area contributed by atoms with Gasteiger partial charge in [0.2, 0.25) is 5.91 Å². The quantitative estimate of drug-likeness (QED) is 0.778. The van der Waals surface area contributed by atoms with E-state index >= 15 is 0 Å². The van der Waals surface area contributed by atoms with Crippen molar-refractivity contribution in [1.29, 1.82) is 0 Å². The number of carbonyl (C=O) groups excluding carboxylic acids is 1. The molecule has 1 heterocycles. The number of nitrogens with two attached hydrogens (primary N) is 1. The number of rotatable bonds is 5. The summed E-state index contributed by atoms with van der Waals surface area (Å²) >= 11 is 0. The fourth-order valence-electron chi connectivity index (χ4n) is 2.23. The number of hydrogen-bond acceptors (Lipinski definition) is 3. The normalized spacial score (nSPS) is 10.7. The number of fused-ring (bicyclic) bond motifs is 1. The summed E-state index contributed by atoms with van der Waals surface area (Å²) in [6.45, 7) is 0.375. The summed E-state index contributed by atoms with van der Waals surface area (Å²) in [6, 6.07) is 17.1. The summed E-state index contributed by atoms with van der Waals surface area (Å²) < 4.78 is 7.50. The number of amides is 1. The van der Waals surface area contributed by atoms with Gasteiger partial charge in [0.05, 0.1) is 11.0 Å². The minimum atomic E-state index is -0.404. The number of hydrogen-bond donors (Lipinski definition) is 1. The topological polar surface area (TPSA) is 70.1 Å². The third kappa shape index (κ3) is 2.86. The third-order valence-corrected chi connectivity index (χ3v) is 3.16. The van der Waals surface area contributed by atoms with Crippen LogP contribution in [-0.4, -0.2) is 15.5 Å². The molecule has 1 amide bonds. The van der Waals surface area contributed by atoms with Gasteiger partial charge in [-0.25, -0.2) is 4.98 Å². The lowest BCUT2D eigenvalue weighted by Crippen LogP contribution is -2.20. The lowest BCUT2D eigenvalue weighted by molar-refractivity contribution is -0.118. The van der Waals surface area contributed by atoms with Crippen molar-refractivity contribution in [3.05, 3.63) is 60.4 Å². The smallest absolute Gasteiger partial charge is 0.237 e. The van der Waals surface area contributed by atoms with Gasteiger partial charge in [-0.1, -0.05) is 30.3 Å². The molecule has 5 nitrogen and oxygen atoms in total. The van der Waals surface area contributed by atoms with Crippen LogP contribution in [0, 0.1) is 0 Å². The lowest BCUT2D eigenvalue weighted by atomic mass is 10.3. The van der Waals surface area contributed by atoms with Crippen LogP contribution in [0.4, 0.5) is 0 Å². The number of ether oxygens (including phenoxy) is 1. The zero-order valence-electron chi connectivity index (χ0n) is 11.4. The first-order valence-corrected chi connectivity index (χ1v) is 6.64. The Labute approximate surface area is 122 Å². The number of para-hydroxylation sites is 3. The van der Waals surface area contributed by atoms with Crippen LogP contribution in [0.1, 0.15) is 5.82 Å². The second kappa shape index (κ2) is 5.66. The van der Waals surface area contributed by atoms with Crippen molar-refractivity contribution >= 4 is 16.9 Å². The molecule has 0 fully saturated rings. The van der Waals surface area contributed by atoms with Crippen LogP contribution < -0.4 is 10.5 Å². The molecule has 0 aliphatic rings. The highest BCUT2D eigenvalue weighted by Gasteiger charge is 2.12. The third-order valence-electron chi connectivity index (χ3n) is 3.16.